The molecule has 0 radical (unpaired) electrons. The lowest BCUT2D eigenvalue weighted by Gasteiger charge is -2.12. The van der Waals surface area contributed by atoms with Gasteiger partial charge in [-0.2, -0.15) is 0 Å². The van der Waals surface area contributed by atoms with Gasteiger partial charge in [0.2, 0.25) is 0 Å². The van der Waals surface area contributed by atoms with E-state index in [0.29, 0.717) is 13.0 Å². The summed E-state index contributed by atoms with van der Waals surface area (Å²) >= 11 is 0. The highest BCUT2D eigenvalue weighted by molar-refractivity contribution is 5.98. The van der Waals surface area contributed by atoms with E-state index in [4.69, 9.17) is 4.74 Å². The number of rotatable bonds is 11. The van der Waals surface area contributed by atoms with Gasteiger partial charge in [-0.15, -0.1) is 0 Å². The summed E-state index contributed by atoms with van der Waals surface area (Å²) in [7, 11) is 0. The molecule has 0 saturated carbocycles. The number of aryl methyl sites for hydroxylation is 1. The molecule has 0 amide bonds. The fourth-order valence-corrected chi connectivity index (χ4v) is 2.24. The number of ether oxygens (including phenoxy) is 1. The number of esters is 1. The first-order valence-corrected chi connectivity index (χ1v) is 8.46. The zero-order chi connectivity index (χ0) is 17.1. The summed E-state index contributed by atoms with van der Waals surface area (Å²) in [6.07, 6.45) is 3.72. The highest BCUT2D eigenvalue weighted by atomic mass is 16.5. The molecule has 1 rings (SSSR count). The lowest BCUT2D eigenvalue weighted by atomic mass is 10.0. The second kappa shape index (κ2) is 10.9. The van der Waals surface area contributed by atoms with Crippen LogP contribution in [0.5, 0.6) is 0 Å². The number of aliphatic hydroxyl groups excluding tert-OH is 1. The Morgan fingerprint density at radius 1 is 1.13 bits per heavy atom. The van der Waals surface area contributed by atoms with Crippen LogP contribution < -0.4 is 0 Å². The lowest BCUT2D eigenvalue weighted by molar-refractivity contribution is -0.151. The number of hydrogen-bond donors (Lipinski definition) is 1. The third-order valence-corrected chi connectivity index (χ3v) is 3.94. The third-order valence-electron chi connectivity index (χ3n) is 3.94. The summed E-state index contributed by atoms with van der Waals surface area (Å²) in [6, 6.07) is 10.3. The quantitative estimate of drug-likeness (QED) is 0.386. The number of Topliss-reactive ketones (excluding diaryl/α,β-unsaturated/α-hetero) is 1. The average molecular weight is 320 g/mol. The van der Waals surface area contributed by atoms with Crippen LogP contribution in [0.1, 0.15) is 51.5 Å². The fraction of sp³-hybridized carbons (Fsp3) is 0.579. The van der Waals surface area contributed by atoms with E-state index in [1.165, 1.54) is 5.56 Å². The van der Waals surface area contributed by atoms with Crippen molar-refractivity contribution in [1.82, 2.24) is 0 Å². The van der Waals surface area contributed by atoms with Gasteiger partial charge in [0.05, 0.1) is 12.7 Å². The number of carbonyl (C=O) groups is 2. The van der Waals surface area contributed by atoms with E-state index in [9.17, 15) is 14.7 Å². The van der Waals surface area contributed by atoms with Crippen LogP contribution in [0.25, 0.3) is 0 Å². The van der Waals surface area contributed by atoms with Crippen molar-refractivity contribution in [3.8, 4) is 0 Å². The van der Waals surface area contributed by atoms with Gasteiger partial charge < -0.3 is 9.84 Å². The predicted molar refractivity (Wildman–Crippen MR) is 90.0 cm³/mol. The van der Waals surface area contributed by atoms with Crippen LogP contribution >= 0.6 is 0 Å². The molecular weight excluding hydrogens is 292 g/mol. The maximum absolute atomic E-state index is 11.8. The third kappa shape index (κ3) is 7.93. The van der Waals surface area contributed by atoms with Crippen molar-refractivity contribution in [3.63, 3.8) is 0 Å². The van der Waals surface area contributed by atoms with E-state index in [1.54, 1.807) is 13.8 Å². The molecule has 0 heterocycles. The molecule has 128 valence electrons. The molecule has 1 aromatic rings. The van der Waals surface area contributed by atoms with Crippen molar-refractivity contribution in [2.45, 2.75) is 58.5 Å². The summed E-state index contributed by atoms with van der Waals surface area (Å²) in [5.74, 6) is -1.53. The smallest absolute Gasteiger partial charge is 0.316 e. The molecule has 1 aromatic carbocycles. The van der Waals surface area contributed by atoms with Crippen molar-refractivity contribution < 1.29 is 19.4 Å². The average Bonchev–Trinajstić information content (AvgIpc) is 2.57. The second-order valence-corrected chi connectivity index (χ2v) is 5.92. The Balaban J connectivity index is 2.12. The zero-order valence-corrected chi connectivity index (χ0v) is 14.2. The Morgan fingerprint density at radius 3 is 2.48 bits per heavy atom. The molecule has 0 fully saturated rings. The van der Waals surface area contributed by atoms with Crippen molar-refractivity contribution in [3.05, 3.63) is 35.9 Å². The van der Waals surface area contributed by atoms with Gasteiger partial charge in [-0.1, -0.05) is 37.3 Å². The number of aliphatic hydroxyl groups is 1. The largest absolute Gasteiger partial charge is 0.465 e. The Kier molecular flexibility index (Phi) is 9.22. The Labute approximate surface area is 138 Å². The van der Waals surface area contributed by atoms with E-state index in [1.807, 2.05) is 18.2 Å². The Bertz CT molecular complexity index is 470. The van der Waals surface area contributed by atoms with Crippen molar-refractivity contribution in [1.29, 1.82) is 0 Å². The van der Waals surface area contributed by atoms with Gasteiger partial charge in [0, 0.05) is 6.42 Å². The minimum atomic E-state index is -0.791. The highest BCUT2D eigenvalue weighted by Crippen LogP contribution is 2.10. The highest BCUT2D eigenvalue weighted by Gasteiger charge is 2.24. The summed E-state index contributed by atoms with van der Waals surface area (Å²) in [5, 5.41) is 9.45. The van der Waals surface area contributed by atoms with Gasteiger partial charge in [-0.05, 0) is 44.6 Å². The molecule has 0 bridgehead atoms. The Hall–Kier alpha value is -1.68. The van der Waals surface area contributed by atoms with E-state index >= 15 is 0 Å². The van der Waals surface area contributed by atoms with Gasteiger partial charge in [0.1, 0.15) is 11.7 Å². The molecule has 1 N–H and O–H groups in total. The van der Waals surface area contributed by atoms with Crippen LogP contribution in [-0.2, 0) is 20.7 Å². The van der Waals surface area contributed by atoms with Crippen LogP contribution in [-0.4, -0.2) is 29.6 Å². The monoisotopic (exact) mass is 320 g/mol. The summed E-state index contributed by atoms with van der Waals surface area (Å²) < 4.78 is 5.15. The van der Waals surface area contributed by atoms with Crippen LogP contribution in [0.2, 0.25) is 0 Å². The molecule has 23 heavy (non-hydrogen) atoms. The molecular formula is C19H28O4. The first-order chi connectivity index (χ1) is 11.0. The van der Waals surface area contributed by atoms with Crippen molar-refractivity contribution in [2.75, 3.05) is 6.61 Å². The van der Waals surface area contributed by atoms with Crippen LogP contribution in [0.15, 0.2) is 30.3 Å². The van der Waals surface area contributed by atoms with Crippen molar-refractivity contribution in [2.24, 2.45) is 5.92 Å². The molecule has 4 nitrogen and oxygen atoms in total. The Morgan fingerprint density at radius 2 is 1.83 bits per heavy atom. The van der Waals surface area contributed by atoms with Gasteiger partial charge in [-0.25, -0.2) is 0 Å². The number of carbonyl (C=O) groups excluding carboxylic acids is 2. The zero-order valence-electron chi connectivity index (χ0n) is 14.2. The van der Waals surface area contributed by atoms with Crippen molar-refractivity contribution >= 4 is 11.8 Å². The molecule has 4 heteroatoms. The van der Waals surface area contributed by atoms with Crippen LogP contribution in [0, 0.1) is 5.92 Å². The molecule has 0 aliphatic carbocycles. The topological polar surface area (TPSA) is 63.6 Å². The number of benzene rings is 1. The maximum Gasteiger partial charge on any atom is 0.316 e. The van der Waals surface area contributed by atoms with E-state index in [-0.39, 0.29) is 12.2 Å². The minimum absolute atomic E-state index is 0.0177. The summed E-state index contributed by atoms with van der Waals surface area (Å²) in [5.41, 5.74) is 1.32. The molecule has 0 aliphatic rings. The second-order valence-electron chi connectivity index (χ2n) is 5.92. The van der Waals surface area contributed by atoms with E-state index < -0.39 is 18.0 Å². The van der Waals surface area contributed by atoms with Gasteiger partial charge in [0.25, 0.3) is 0 Å². The predicted octanol–water partition coefficient (Wildman–Crippen LogP) is 3.31. The van der Waals surface area contributed by atoms with Crippen LogP contribution in [0.4, 0.5) is 0 Å². The minimum Gasteiger partial charge on any atom is -0.465 e. The number of unbranched alkanes of at least 4 members (excludes halogenated alkanes) is 2. The molecule has 2 unspecified atom stereocenters. The molecule has 0 aliphatic heterocycles. The maximum atomic E-state index is 11.8. The first kappa shape index (κ1) is 19.4. The standard InChI is InChI=1S/C19H28O4/c1-3-17(20)14-18(21)15(2)19(22)23-13-9-5-8-12-16-10-6-4-7-11-16/h4,6-7,10-11,15,17,20H,3,5,8-9,12-14H2,1-2H3. The summed E-state index contributed by atoms with van der Waals surface area (Å²) in [4.78, 5) is 23.6. The normalized spacial score (nSPS) is 13.3. The number of hydrogen-bond acceptors (Lipinski definition) is 4. The van der Waals surface area contributed by atoms with E-state index in [0.717, 1.165) is 25.7 Å². The molecule has 0 aromatic heterocycles. The van der Waals surface area contributed by atoms with Gasteiger partial charge >= 0.3 is 5.97 Å². The van der Waals surface area contributed by atoms with Crippen LogP contribution in [0.3, 0.4) is 0 Å². The molecule has 0 saturated heterocycles. The fourth-order valence-electron chi connectivity index (χ4n) is 2.24. The van der Waals surface area contributed by atoms with Gasteiger partial charge in [-0.3, -0.25) is 9.59 Å². The van der Waals surface area contributed by atoms with Gasteiger partial charge in [0.15, 0.2) is 0 Å². The lowest BCUT2D eigenvalue weighted by Crippen LogP contribution is -2.26. The molecule has 2 atom stereocenters. The number of ketones is 1. The SMILES string of the molecule is CCC(O)CC(=O)C(C)C(=O)OCCCCCc1ccccc1. The first-order valence-electron chi connectivity index (χ1n) is 8.46. The summed E-state index contributed by atoms with van der Waals surface area (Å²) in [6.45, 7) is 3.69. The molecule has 0 spiro atoms. The van der Waals surface area contributed by atoms with E-state index in [2.05, 4.69) is 12.1 Å².